The van der Waals surface area contributed by atoms with Gasteiger partial charge in [-0.1, -0.05) is 0 Å². The molecule has 0 saturated heterocycles. The van der Waals surface area contributed by atoms with Crippen molar-refractivity contribution >= 4 is 0 Å². The van der Waals surface area contributed by atoms with Gasteiger partial charge in [0, 0.05) is 31.1 Å². The van der Waals surface area contributed by atoms with E-state index in [1.807, 2.05) is 6.92 Å². The number of hydrogen-bond donors (Lipinski definition) is 2. The minimum atomic E-state index is -0.707. The van der Waals surface area contributed by atoms with Crippen LogP contribution in [0.3, 0.4) is 0 Å². The second-order valence-corrected chi connectivity index (χ2v) is 5.28. The molecule has 2 heterocycles. The average molecular weight is 221 g/mol. The third-order valence-corrected chi connectivity index (χ3v) is 3.92. The minimum absolute atomic E-state index is 0.344. The highest BCUT2D eigenvalue weighted by molar-refractivity contribution is 5.24. The molecule has 2 aliphatic rings. The third-order valence-electron chi connectivity index (χ3n) is 3.92. The van der Waals surface area contributed by atoms with Gasteiger partial charge in [-0.2, -0.15) is 0 Å². The molecule has 1 saturated carbocycles. The SMILES string of the molecule is Cc1nc(C2CC2)n2c1CC(O)(CN)CC2. The zero-order valence-electron chi connectivity index (χ0n) is 9.74. The van der Waals surface area contributed by atoms with Gasteiger partial charge in [0.15, 0.2) is 0 Å². The van der Waals surface area contributed by atoms with Gasteiger partial charge in [0.2, 0.25) is 0 Å². The van der Waals surface area contributed by atoms with E-state index >= 15 is 0 Å². The Hall–Kier alpha value is -0.870. The maximum absolute atomic E-state index is 10.2. The topological polar surface area (TPSA) is 64.1 Å². The second kappa shape index (κ2) is 3.31. The number of aliphatic hydroxyl groups is 1. The van der Waals surface area contributed by atoms with Crippen molar-refractivity contribution < 1.29 is 5.11 Å². The highest BCUT2D eigenvalue weighted by atomic mass is 16.3. The van der Waals surface area contributed by atoms with Crippen LogP contribution in [0.5, 0.6) is 0 Å². The minimum Gasteiger partial charge on any atom is -0.388 e. The van der Waals surface area contributed by atoms with Crippen LogP contribution in [0.4, 0.5) is 0 Å². The number of rotatable bonds is 2. The first-order valence-corrected chi connectivity index (χ1v) is 6.11. The summed E-state index contributed by atoms with van der Waals surface area (Å²) in [6, 6.07) is 0. The monoisotopic (exact) mass is 221 g/mol. The molecule has 1 unspecified atom stereocenters. The van der Waals surface area contributed by atoms with Crippen LogP contribution in [0.2, 0.25) is 0 Å². The van der Waals surface area contributed by atoms with Crippen LogP contribution < -0.4 is 5.73 Å². The fraction of sp³-hybridized carbons (Fsp3) is 0.750. The van der Waals surface area contributed by atoms with Crippen molar-refractivity contribution in [3.05, 3.63) is 17.2 Å². The molecule has 0 spiro atoms. The zero-order valence-corrected chi connectivity index (χ0v) is 9.74. The van der Waals surface area contributed by atoms with E-state index in [9.17, 15) is 5.11 Å². The lowest BCUT2D eigenvalue weighted by atomic mass is 9.90. The first-order valence-electron chi connectivity index (χ1n) is 6.11. The Balaban J connectivity index is 1.99. The molecule has 4 heteroatoms. The van der Waals surface area contributed by atoms with E-state index in [1.165, 1.54) is 24.4 Å². The smallest absolute Gasteiger partial charge is 0.112 e. The molecular weight excluding hydrogens is 202 g/mol. The number of fused-ring (bicyclic) bond motifs is 1. The summed E-state index contributed by atoms with van der Waals surface area (Å²) in [5.41, 5.74) is 7.21. The van der Waals surface area contributed by atoms with Crippen molar-refractivity contribution in [1.82, 2.24) is 9.55 Å². The third kappa shape index (κ3) is 1.48. The normalized spacial score (nSPS) is 29.2. The molecule has 0 amide bonds. The Morgan fingerprint density at radius 1 is 1.56 bits per heavy atom. The van der Waals surface area contributed by atoms with Crippen molar-refractivity contribution in [2.24, 2.45) is 5.73 Å². The summed E-state index contributed by atoms with van der Waals surface area (Å²) in [7, 11) is 0. The molecule has 1 atom stereocenters. The number of nitrogens with two attached hydrogens (primary N) is 1. The summed E-state index contributed by atoms with van der Waals surface area (Å²) in [5.74, 6) is 1.92. The maximum atomic E-state index is 10.2. The van der Waals surface area contributed by atoms with Gasteiger partial charge in [0.1, 0.15) is 5.82 Å². The molecule has 1 fully saturated rings. The van der Waals surface area contributed by atoms with E-state index in [0.717, 1.165) is 18.7 Å². The molecule has 0 aromatic carbocycles. The lowest BCUT2D eigenvalue weighted by molar-refractivity contribution is 0.0236. The molecule has 16 heavy (non-hydrogen) atoms. The van der Waals surface area contributed by atoms with Crippen molar-refractivity contribution in [2.45, 2.75) is 50.7 Å². The van der Waals surface area contributed by atoms with Gasteiger partial charge in [0.25, 0.3) is 0 Å². The molecule has 3 N–H and O–H groups in total. The maximum Gasteiger partial charge on any atom is 0.112 e. The summed E-state index contributed by atoms with van der Waals surface area (Å²) in [6.07, 6.45) is 3.97. The second-order valence-electron chi connectivity index (χ2n) is 5.28. The molecule has 3 rings (SSSR count). The first-order chi connectivity index (χ1) is 7.63. The number of aromatic nitrogens is 2. The van der Waals surface area contributed by atoms with Gasteiger partial charge in [-0.25, -0.2) is 4.98 Å². The molecule has 1 aromatic heterocycles. The zero-order chi connectivity index (χ0) is 11.3. The molecule has 4 nitrogen and oxygen atoms in total. The van der Waals surface area contributed by atoms with Gasteiger partial charge in [-0.15, -0.1) is 0 Å². The fourth-order valence-electron chi connectivity index (χ4n) is 2.65. The molecule has 1 aliphatic heterocycles. The average Bonchev–Trinajstić information content (AvgIpc) is 3.06. The van der Waals surface area contributed by atoms with E-state index in [-0.39, 0.29) is 0 Å². The summed E-state index contributed by atoms with van der Waals surface area (Å²) in [4.78, 5) is 4.67. The number of imidazole rings is 1. The largest absolute Gasteiger partial charge is 0.388 e. The highest BCUT2D eigenvalue weighted by Gasteiger charge is 2.37. The Kier molecular flexibility index (Phi) is 2.13. The number of nitrogens with zero attached hydrogens (tertiary/aromatic N) is 2. The van der Waals surface area contributed by atoms with Gasteiger partial charge in [-0.05, 0) is 26.2 Å². The van der Waals surface area contributed by atoms with Crippen LogP contribution >= 0.6 is 0 Å². The Bertz CT molecular complexity index is 422. The van der Waals surface area contributed by atoms with Crippen LogP contribution in [0.25, 0.3) is 0 Å². The molecule has 88 valence electrons. The van der Waals surface area contributed by atoms with Crippen LogP contribution in [0.1, 0.15) is 42.4 Å². The van der Waals surface area contributed by atoms with Crippen molar-refractivity contribution in [2.75, 3.05) is 6.54 Å². The van der Waals surface area contributed by atoms with E-state index in [2.05, 4.69) is 9.55 Å². The Labute approximate surface area is 95.5 Å². The molecule has 0 radical (unpaired) electrons. The number of hydrogen-bond acceptors (Lipinski definition) is 3. The van der Waals surface area contributed by atoms with Gasteiger partial charge < -0.3 is 15.4 Å². The van der Waals surface area contributed by atoms with Crippen LogP contribution in [-0.2, 0) is 13.0 Å². The highest BCUT2D eigenvalue weighted by Crippen LogP contribution is 2.41. The van der Waals surface area contributed by atoms with Gasteiger partial charge >= 0.3 is 0 Å². The summed E-state index contributed by atoms with van der Waals surface area (Å²) in [6.45, 7) is 3.26. The Morgan fingerprint density at radius 3 is 2.94 bits per heavy atom. The number of aryl methyl sites for hydroxylation is 1. The van der Waals surface area contributed by atoms with Crippen molar-refractivity contribution in [1.29, 1.82) is 0 Å². The standard InChI is InChI=1S/C12H19N3O/c1-8-10-6-12(16,7-13)4-5-15(10)11(14-8)9-2-3-9/h9,16H,2-7,13H2,1H3. The predicted octanol–water partition coefficient (Wildman–Crippen LogP) is 0.705. The fourth-order valence-corrected chi connectivity index (χ4v) is 2.65. The van der Waals surface area contributed by atoms with E-state index in [1.54, 1.807) is 0 Å². The quantitative estimate of drug-likeness (QED) is 0.773. The lowest BCUT2D eigenvalue weighted by Crippen LogP contribution is -2.44. The molecule has 1 aliphatic carbocycles. The van der Waals surface area contributed by atoms with Crippen LogP contribution in [-0.4, -0.2) is 26.8 Å². The predicted molar refractivity (Wildman–Crippen MR) is 61.3 cm³/mol. The molecular formula is C12H19N3O. The van der Waals surface area contributed by atoms with E-state index in [4.69, 9.17) is 5.73 Å². The summed E-state index contributed by atoms with van der Waals surface area (Å²) < 4.78 is 2.32. The molecule has 1 aromatic rings. The summed E-state index contributed by atoms with van der Waals surface area (Å²) >= 11 is 0. The first kappa shape index (κ1) is 10.3. The van der Waals surface area contributed by atoms with Crippen molar-refractivity contribution in [3.8, 4) is 0 Å². The van der Waals surface area contributed by atoms with E-state index in [0.29, 0.717) is 18.9 Å². The molecule has 0 bridgehead atoms. The van der Waals surface area contributed by atoms with Gasteiger partial charge in [-0.3, -0.25) is 0 Å². The Morgan fingerprint density at radius 2 is 2.31 bits per heavy atom. The van der Waals surface area contributed by atoms with Crippen LogP contribution in [0, 0.1) is 6.92 Å². The van der Waals surface area contributed by atoms with Crippen molar-refractivity contribution in [3.63, 3.8) is 0 Å². The lowest BCUT2D eigenvalue weighted by Gasteiger charge is -2.32. The van der Waals surface area contributed by atoms with Crippen LogP contribution in [0.15, 0.2) is 0 Å². The summed E-state index contributed by atoms with van der Waals surface area (Å²) in [5, 5.41) is 10.2. The van der Waals surface area contributed by atoms with Gasteiger partial charge in [0.05, 0.1) is 11.3 Å². The van der Waals surface area contributed by atoms with E-state index < -0.39 is 5.60 Å².